The summed E-state index contributed by atoms with van der Waals surface area (Å²) in [5.74, 6) is 0.716. The van der Waals surface area contributed by atoms with E-state index in [0.29, 0.717) is 11.8 Å². The van der Waals surface area contributed by atoms with Crippen LogP contribution < -0.4 is 21.1 Å². The minimum atomic E-state index is -0.945. The highest BCUT2D eigenvalue weighted by Gasteiger charge is 2.18. The van der Waals surface area contributed by atoms with Gasteiger partial charge in [-0.1, -0.05) is 18.2 Å². The number of fused-ring (bicyclic) bond motifs is 1. The van der Waals surface area contributed by atoms with Gasteiger partial charge in [0.1, 0.15) is 24.3 Å². The largest absolute Gasteiger partial charge is 0.491 e. The summed E-state index contributed by atoms with van der Waals surface area (Å²) < 4.78 is 12.0. The number of aliphatic hydroxyl groups is 1. The fourth-order valence-electron chi connectivity index (χ4n) is 2.26. The predicted octanol–water partition coefficient (Wildman–Crippen LogP) is 0.473. The monoisotopic (exact) mass is 345 g/mol. The summed E-state index contributed by atoms with van der Waals surface area (Å²) in [4.78, 5) is 21.8. The van der Waals surface area contributed by atoms with Gasteiger partial charge in [-0.05, 0) is 12.1 Å². The highest BCUT2D eigenvalue weighted by atomic mass is 16.5. The zero-order valence-electron chi connectivity index (χ0n) is 13.9. The fourth-order valence-corrected chi connectivity index (χ4v) is 2.26. The first-order valence-corrected chi connectivity index (χ1v) is 7.66. The van der Waals surface area contributed by atoms with Gasteiger partial charge in [-0.2, -0.15) is 9.97 Å². The molecular weight excluding hydrogens is 326 g/mol. The van der Waals surface area contributed by atoms with Crippen LogP contribution in [0.1, 0.15) is 0 Å². The molecule has 0 fully saturated rings. The zero-order chi connectivity index (χ0) is 18.0. The Hall–Kier alpha value is -3.07. The van der Waals surface area contributed by atoms with Gasteiger partial charge in [0.25, 0.3) is 11.7 Å². The molecule has 132 valence electrons. The van der Waals surface area contributed by atoms with Crippen LogP contribution in [0.3, 0.4) is 0 Å². The van der Waals surface area contributed by atoms with Gasteiger partial charge in [-0.15, -0.1) is 0 Å². The van der Waals surface area contributed by atoms with Crippen LogP contribution in [0.5, 0.6) is 5.75 Å². The van der Waals surface area contributed by atoms with Crippen molar-refractivity contribution in [1.82, 2.24) is 14.5 Å². The van der Waals surface area contributed by atoms with Crippen molar-refractivity contribution >= 4 is 23.1 Å². The van der Waals surface area contributed by atoms with Crippen molar-refractivity contribution in [3.8, 4) is 5.75 Å². The molecule has 0 radical (unpaired) electrons. The summed E-state index contributed by atoms with van der Waals surface area (Å²) in [6, 6.07) is 9.37. The number of oxazole rings is 1. The molecular formula is C16H19N5O4. The molecule has 2 heterocycles. The molecule has 25 heavy (non-hydrogen) atoms. The summed E-state index contributed by atoms with van der Waals surface area (Å²) in [5, 5.41) is 10.2. The molecule has 0 aliphatic rings. The van der Waals surface area contributed by atoms with E-state index >= 15 is 0 Å². The van der Waals surface area contributed by atoms with E-state index in [1.54, 1.807) is 31.1 Å². The minimum absolute atomic E-state index is 0.00962. The van der Waals surface area contributed by atoms with Gasteiger partial charge in [0, 0.05) is 14.1 Å². The predicted molar refractivity (Wildman–Crippen MR) is 92.7 cm³/mol. The number of nitrogens with zero attached hydrogens (tertiary/aromatic N) is 4. The van der Waals surface area contributed by atoms with Crippen molar-refractivity contribution in [1.29, 1.82) is 0 Å². The quantitative estimate of drug-likeness (QED) is 0.662. The summed E-state index contributed by atoms with van der Waals surface area (Å²) in [5.41, 5.74) is 5.74. The van der Waals surface area contributed by atoms with Crippen LogP contribution in [0.2, 0.25) is 0 Å². The topological polar surface area (TPSA) is 120 Å². The molecule has 0 spiro atoms. The number of para-hydroxylation sites is 1. The summed E-state index contributed by atoms with van der Waals surface area (Å²) in [6.45, 7) is -0.0553. The average molecular weight is 345 g/mol. The maximum absolute atomic E-state index is 12.2. The number of rotatable bonds is 6. The van der Waals surface area contributed by atoms with Gasteiger partial charge in [-0.25, -0.2) is 4.79 Å². The van der Waals surface area contributed by atoms with Gasteiger partial charge in [0.05, 0.1) is 6.54 Å². The molecule has 1 unspecified atom stereocenters. The second-order valence-electron chi connectivity index (χ2n) is 5.71. The number of nitrogens with two attached hydrogens (primary N) is 1. The Bertz CT molecular complexity index is 919. The van der Waals surface area contributed by atoms with Crippen molar-refractivity contribution in [3.05, 3.63) is 40.8 Å². The lowest BCUT2D eigenvalue weighted by atomic mass is 10.3. The van der Waals surface area contributed by atoms with Crippen LogP contribution in [-0.2, 0) is 6.54 Å². The van der Waals surface area contributed by atoms with E-state index in [2.05, 4.69) is 9.97 Å². The van der Waals surface area contributed by atoms with E-state index in [1.807, 2.05) is 18.2 Å². The molecule has 1 atom stereocenters. The van der Waals surface area contributed by atoms with E-state index in [1.165, 1.54) is 0 Å². The van der Waals surface area contributed by atoms with Gasteiger partial charge >= 0.3 is 5.69 Å². The summed E-state index contributed by atoms with van der Waals surface area (Å²) in [6.07, 6.45) is -0.945. The molecule has 0 bridgehead atoms. The van der Waals surface area contributed by atoms with Crippen LogP contribution in [-0.4, -0.2) is 46.4 Å². The second-order valence-corrected chi connectivity index (χ2v) is 5.71. The summed E-state index contributed by atoms with van der Waals surface area (Å²) >= 11 is 0. The molecule has 3 N–H and O–H groups in total. The third kappa shape index (κ3) is 3.56. The lowest BCUT2D eigenvalue weighted by Crippen LogP contribution is -2.33. The number of anilines is 2. The smallest absolute Gasteiger partial charge is 0.352 e. The Morgan fingerprint density at radius 2 is 2.04 bits per heavy atom. The normalized spacial score (nSPS) is 12.3. The van der Waals surface area contributed by atoms with Gasteiger partial charge < -0.3 is 24.9 Å². The highest BCUT2D eigenvalue weighted by Crippen LogP contribution is 2.22. The molecule has 9 nitrogen and oxygen atoms in total. The number of nitrogen functional groups attached to an aromatic ring is 1. The lowest BCUT2D eigenvalue weighted by molar-refractivity contribution is 0.0919. The Labute approximate surface area is 143 Å². The Morgan fingerprint density at radius 3 is 2.72 bits per heavy atom. The van der Waals surface area contributed by atoms with Crippen LogP contribution in [0.15, 0.2) is 39.5 Å². The minimum Gasteiger partial charge on any atom is -0.491 e. The number of hydrogen-bond donors (Lipinski definition) is 2. The lowest BCUT2D eigenvalue weighted by Gasteiger charge is -2.15. The Kier molecular flexibility index (Phi) is 4.57. The van der Waals surface area contributed by atoms with E-state index in [4.69, 9.17) is 14.9 Å². The number of ether oxygens (including phenoxy) is 1. The molecule has 3 aromatic rings. The van der Waals surface area contributed by atoms with Crippen molar-refractivity contribution < 1.29 is 14.3 Å². The van der Waals surface area contributed by atoms with Crippen molar-refractivity contribution in [2.45, 2.75) is 12.6 Å². The molecule has 0 saturated heterocycles. The van der Waals surface area contributed by atoms with Gasteiger partial charge in [0.2, 0.25) is 0 Å². The maximum Gasteiger partial charge on any atom is 0.352 e. The van der Waals surface area contributed by atoms with Crippen molar-refractivity contribution in [2.24, 2.45) is 0 Å². The number of aromatic nitrogens is 3. The van der Waals surface area contributed by atoms with Crippen LogP contribution in [0, 0.1) is 0 Å². The van der Waals surface area contributed by atoms with E-state index in [0.717, 1.165) is 4.57 Å². The number of hydrogen-bond acceptors (Lipinski definition) is 8. The zero-order valence-corrected chi connectivity index (χ0v) is 13.9. The van der Waals surface area contributed by atoms with E-state index in [-0.39, 0.29) is 30.2 Å². The first-order chi connectivity index (χ1) is 12.0. The Morgan fingerprint density at radius 1 is 1.32 bits per heavy atom. The maximum atomic E-state index is 12.2. The third-order valence-electron chi connectivity index (χ3n) is 3.52. The highest BCUT2D eigenvalue weighted by molar-refractivity contribution is 5.81. The number of benzene rings is 1. The molecule has 1 aromatic carbocycles. The molecule has 9 heteroatoms. The summed E-state index contributed by atoms with van der Waals surface area (Å²) in [7, 11) is 3.50. The molecule has 2 aromatic heterocycles. The first-order valence-electron chi connectivity index (χ1n) is 7.66. The van der Waals surface area contributed by atoms with Crippen molar-refractivity contribution in [2.75, 3.05) is 31.3 Å². The van der Waals surface area contributed by atoms with Crippen molar-refractivity contribution in [3.63, 3.8) is 0 Å². The number of aliphatic hydroxyl groups excluding tert-OH is 1. The fraction of sp³-hybridized carbons (Fsp3) is 0.312. The van der Waals surface area contributed by atoms with Crippen LogP contribution >= 0.6 is 0 Å². The SMILES string of the molecule is CN(C)c1nc2c(N)n(CC(O)COc3ccccc3)c(=O)nc2o1. The first kappa shape index (κ1) is 16.8. The Balaban J connectivity index is 1.79. The van der Waals surface area contributed by atoms with Gasteiger partial charge in [-0.3, -0.25) is 4.57 Å². The third-order valence-corrected chi connectivity index (χ3v) is 3.52. The average Bonchev–Trinajstić information content (AvgIpc) is 3.02. The van der Waals surface area contributed by atoms with Gasteiger partial charge in [0.15, 0.2) is 5.52 Å². The van der Waals surface area contributed by atoms with E-state index < -0.39 is 11.8 Å². The molecule has 0 aliphatic carbocycles. The van der Waals surface area contributed by atoms with E-state index in [9.17, 15) is 9.90 Å². The molecule has 0 aliphatic heterocycles. The molecule has 3 rings (SSSR count). The van der Waals surface area contributed by atoms with Crippen LogP contribution in [0.4, 0.5) is 11.8 Å². The molecule has 0 saturated carbocycles. The van der Waals surface area contributed by atoms with Crippen LogP contribution in [0.25, 0.3) is 11.2 Å². The standard InChI is InChI=1S/C16H19N5O4/c1-20(2)16-18-12-13(17)21(15(23)19-14(12)25-16)8-10(22)9-24-11-6-4-3-5-7-11/h3-7,10,22H,8-9,17H2,1-2H3. The second kappa shape index (κ2) is 6.81. The molecule has 0 amide bonds.